The van der Waals surface area contributed by atoms with Gasteiger partial charge in [0.25, 0.3) is 0 Å². The van der Waals surface area contributed by atoms with Gasteiger partial charge in [-0.2, -0.15) is 0 Å². The summed E-state index contributed by atoms with van der Waals surface area (Å²) >= 11 is 1.71. The number of para-hydroxylation sites is 1. The molecule has 0 saturated carbocycles. The minimum Gasteiger partial charge on any atom is -0.241 e. The lowest BCUT2D eigenvalue weighted by Crippen LogP contribution is -1.86. The zero-order valence-electron chi connectivity index (χ0n) is 11.1. The van der Waals surface area contributed by atoms with Gasteiger partial charge in [-0.25, -0.2) is 4.98 Å². The predicted octanol–water partition coefficient (Wildman–Crippen LogP) is 5.00. The van der Waals surface area contributed by atoms with E-state index in [1.165, 1.54) is 21.4 Å². The zero-order chi connectivity index (χ0) is 13.2. The van der Waals surface area contributed by atoms with Crippen LogP contribution < -0.4 is 0 Å². The molecule has 0 aliphatic heterocycles. The van der Waals surface area contributed by atoms with E-state index < -0.39 is 0 Å². The first-order valence-electron chi connectivity index (χ1n) is 6.33. The van der Waals surface area contributed by atoms with Gasteiger partial charge in [-0.05, 0) is 43.7 Å². The summed E-state index contributed by atoms with van der Waals surface area (Å²) in [5.74, 6) is 0. The van der Waals surface area contributed by atoms with Gasteiger partial charge in [-0.1, -0.05) is 47.7 Å². The van der Waals surface area contributed by atoms with Crippen LogP contribution in [0.5, 0.6) is 0 Å². The van der Waals surface area contributed by atoms with Gasteiger partial charge in [0.15, 0.2) is 0 Å². The summed E-state index contributed by atoms with van der Waals surface area (Å²) in [6, 6.07) is 19.0. The molecule has 0 aliphatic rings. The number of nitrogens with zero attached hydrogens (tertiary/aromatic N) is 1. The van der Waals surface area contributed by atoms with E-state index in [4.69, 9.17) is 4.98 Å². The normalized spacial score (nSPS) is 10.8. The van der Waals surface area contributed by atoms with Gasteiger partial charge in [0.1, 0.15) is 5.03 Å². The fourth-order valence-corrected chi connectivity index (χ4v) is 2.99. The number of hydrogen-bond acceptors (Lipinski definition) is 2. The first kappa shape index (κ1) is 12.2. The molecular formula is C17H15NS. The Bertz CT molecular complexity index is 717. The number of hydrogen-bond donors (Lipinski definition) is 0. The van der Waals surface area contributed by atoms with E-state index in [-0.39, 0.29) is 0 Å². The summed E-state index contributed by atoms with van der Waals surface area (Å²) in [6.45, 7) is 4.25. The van der Waals surface area contributed by atoms with Crippen molar-refractivity contribution in [2.75, 3.05) is 0 Å². The lowest BCUT2D eigenvalue weighted by atomic mass is 10.1. The Labute approximate surface area is 117 Å². The second-order valence-electron chi connectivity index (χ2n) is 4.71. The molecule has 0 saturated heterocycles. The number of aryl methyl sites for hydroxylation is 2. The number of fused-ring (bicyclic) bond motifs is 1. The molecule has 1 aromatic heterocycles. The van der Waals surface area contributed by atoms with Crippen LogP contribution >= 0.6 is 11.8 Å². The van der Waals surface area contributed by atoms with Gasteiger partial charge >= 0.3 is 0 Å². The van der Waals surface area contributed by atoms with Gasteiger partial charge in [0.05, 0.1) is 5.52 Å². The Kier molecular flexibility index (Phi) is 3.26. The lowest BCUT2D eigenvalue weighted by molar-refractivity contribution is 1.16. The Morgan fingerprint density at radius 2 is 1.63 bits per heavy atom. The van der Waals surface area contributed by atoms with Crippen LogP contribution in [-0.2, 0) is 0 Å². The fraction of sp³-hybridized carbons (Fsp3) is 0.118. The number of pyridine rings is 1. The van der Waals surface area contributed by atoms with Crippen LogP contribution in [0.2, 0.25) is 0 Å². The van der Waals surface area contributed by atoms with Crippen molar-refractivity contribution in [1.82, 2.24) is 4.98 Å². The topological polar surface area (TPSA) is 12.9 Å². The van der Waals surface area contributed by atoms with Crippen LogP contribution in [0.25, 0.3) is 10.9 Å². The molecule has 0 atom stereocenters. The molecule has 2 heteroatoms. The molecule has 0 aliphatic carbocycles. The van der Waals surface area contributed by atoms with E-state index in [1.807, 2.05) is 6.07 Å². The number of rotatable bonds is 2. The highest BCUT2D eigenvalue weighted by molar-refractivity contribution is 7.99. The third-order valence-corrected chi connectivity index (χ3v) is 4.07. The fourth-order valence-electron chi connectivity index (χ4n) is 2.10. The Morgan fingerprint density at radius 3 is 2.42 bits per heavy atom. The van der Waals surface area contributed by atoms with Crippen LogP contribution in [0.15, 0.2) is 64.5 Å². The number of benzene rings is 2. The largest absolute Gasteiger partial charge is 0.241 e. The van der Waals surface area contributed by atoms with E-state index in [1.54, 1.807) is 11.8 Å². The first-order chi connectivity index (χ1) is 9.22. The third kappa shape index (κ3) is 2.64. The van der Waals surface area contributed by atoms with Crippen molar-refractivity contribution in [2.45, 2.75) is 23.8 Å². The molecule has 0 spiro atoms. The van der Waals surface area contributed by atoms with E-state index in [9.17, 15) is 0 Å². The van der Waals surface area contributed by atoms with Gasteiger partial charge in [0.2, 0.25) is 0 Å². The van der Waals surface area contributed by atoms with Crippen molar-refractivity contribution >= 4 is 22.7 Å². The molecule has 0 unspecified atom stereocenters. The molecule has 94 valence electrons. The summed E-state index contributed by atoms with van der Waals surface area (Å²) in [5, 5.41) is 2.29. The van der Waals surface area contributed by atoms with Crippen molar-refractivity contribution < 1.29 is 0 Å². The average Bonchev–Trinajstić information content (AvgIpc) is 2.42. The van der Waals surface area contributed by atoms with Crippen LogP contribution in [0.4, 0.5) is 0 Å². The molecule has 0 N–H and O–H groups in total. The highest BCUT2D eigenvalue weighted by Gasteiger charge is 2.04. The summed E-state index contributed by atoms with van der Waals surface area (Å²) in [6.07, 6.45) is 0. The maximum absolute atomic E-state index is 4.72. The standard InChI is InChI=1S/C17H15NS/c1-12-7-9-14(10-8-12)19-17-11-13(2)15-5-3-4-6-16(15)18-17/h3-11H,1-2H3. The second kappa shape index (κ2) is 5.06. The molecule has 2 aromatic carbocycles. The molecular weight excluding hydrogens is 250 g/mol. The zero-order valence-corrected chi connectivity index (χ0v) is 11.9. The lowest BCUT2D eigenvalue weighted by Gasteiger charge is -2.06. The molecule has 1 heterocycles. The molecule has 0 bridgehead atoms. The molecule has 0 fully saturated rings. The Morgan fingerprint density at radius 1 is 0.895 bits per heavy atom. The van der Waals surface area contributed by atoms with Crippen LogP contribution in [0.3, 0.4) is 0 Å². The predicted molar refractivity (Wildman–Crippen MR) is 81.8 cm³/mol. The minimum atomic E-state index is 1.06. The van der Waals surface area contributed by atoms with Gasteiger partial charge < -0.3 is 0 Å². The Hall–Kier alpha value is -1.80. The van der Waals surface area contributed by atoms with Crippen molar-refractivity contribution in [3.05, 3.63) is 65.7 Å². The highest BCUT2D eigenvalue weighted by Crippen LogP contribution is 2.29. The van der Waals surface area contributed by atoms with Gasteiger partial charge in [0, 0.05) is 10.3 Å². The molecule has 1 nitrogen and oxygen atoms in total. The van der Waals surface area contributed by atoms with Crippen LogP contribution in [0.1, 0.15) is 11.1 Å². The maximum Gasteiger partial charge on any atom is 0.102 e. The van der Waals surface area contributed by atoms with Crippen molar-refractivity contribution in [3.8, 4) is 0 Å². The molecule has 3 aromatic rings. The van der Waals surface area contributed by atoms with Crippen molar-refractivity contribution in [1.29, 1.82) is 0 Å². The van der Waals surface area contributed by atoms with Gasteiger partial charge in [-0.3, -0.25) is 0 Å². The first-order valence-corrected chi connectivity index (χ1v) is 7.15. The van der Waals surface area contributed by atoms with E-state index >= 15 is 0 Å². The van der Waals surface area contributed by atoms with Crippen LogP contribution in [0, 0.1) is 13.8 Å². The van der Waals surface area contributed by atoms with Crippen molar-refractivity contribution in [2.24, 2.45) is 0 Å². The summed E-state index contributed by atoms with van der Waals surface area (Å²) in [7, 11) is 0. The third-order valence-electron chi connectivity index (χ3n) is 3.14. The monoisotopic (exact) mass is 265 g/mol. The minimum absolute atomic E-state index is 1.06. The van der Waals surface area contributed by atoms with E-state index in [0.29, 0.717) is 0 Å². The SMILES string of the molecule is Cc1ccc(Sc2cc(C)c3ccccc3n2)cc1. The van der Waals surface area contributed by atoms with E-state index in [2.05, 4.69) is 62.4 Å². The molecule has 3 rings (SSSR count). The second-order valence-corrected chi connectivity index (χ2v) is 5.80. The van der Waals surface area contributed by atoms with Gasteiger partial charge in [-0.15, -0.1) is 0 Å². The maximum atomic E-state index is 4.72. The summed E-state index contributed by atoms with van der Waals surface area (Å²) in [5.41, 5.74) is 3.63. The molecule has 0 radical (unpaired) electrons. The highest BCUT2D eigenvalue weighted by atomic mass is 32.2. The van der Waals surface area contributed by atoms with Crippen LogP contribution in [-0.4, -0.2) is 4.98 Å². The van der Waals surface area contributed by atoms with Crippen molar-refractivity contribution in [3.63, 3.8) is 0 Å². The molecule has 0 amide bonds. The quantitative estimate of drug-likeness (QED) is 0.646. The average molecular weight is 265 g/mol. The molecule has 19 heavy (non-hydrogen) atoms. The summed E-state index contributed by atoms with van der Waals surface area (Å²) in [4.78, 5) is 5.95. The number of aromatic nitrogens is 1. The Balaban J connectivity index is 1.99. The smallest absolute Gasteiger partial charge is 0.102 e. The summed E-state index contributed by atoms with van der Waals surface area (Å²) < 4.78 is 0. The van der Waals surface area contributed by atoms with E-state index in [0.717, 1.165) is 10.5 Å².